The van der Waals surface area contributed by atoms with Gasteiger partial charge in [0.05, 0.1) is 0 Å². The van der Waals surface area contributed by atoms with E-state index in [0.717, 1.165) is 18.8 Å². The summed E-state index contributed by atoms with van der Waals surface area (Å²) < 4.78 is 0. The largest absolute Gasteiger partial charge is 0.368 e. The summed E-state index contributed by atoms with van der Waals surface area (Å²) in [6.07, 6.45) is 2.68. The van der Waals surface area contributed by atoms with E-state index in [4.69, 9.17) is 0 Å². The molecule has 0 saturated heterocycles. The van der Waals surface area contributed by atoms with Gasteiger partial charge in [-0.25, -0.2) is 0 Å². The molecule has 0 saturated carbocycles. The van der Waals surface area contributed by atoms with Gasteiger partial charge in [-0.2, -0.15) is 5.10 Å². The fourth-order valence-corrected chi connectivity index (χ4v) is 1.61. The number of aryl methyl sites for hydroxylation is 1. The Morgan fingerprint density at radius 3 is 2.75 bits per heavy atom. The van der Waals surface area contributed by atoms with Crippen LogP contribution >= 0.6 is 0 Å². The van der Waals surface area contributed by atoms with Gasteiger partial charge in [0.15, 0.2) is 0 Å². The highest BCUT2D eigenvalue weighted by Crippen LogP contribution is 2.08. The number of nitrogens with zero attached hydrogens (tertiary/aromatic N) is 2. The molecule has 0 aliphatic carbocycles. The molecule has 82 valence electrons. The van der Waals surface area contributed by atoms with E-state index >= 15 is 0 Å². The van der Waals surface area contributed by atoms with Crippen molar-refractivity contribution < 1.29 is 0 Å². The van der Waals surface area contributed by atoms with Gasteiger partial charge >= 0.3 is 0 Å². The normalized spacial score (nSPS) is 10.1. The molecule has 3 heteroatoms. The summed E-state index contributed by atoms with van der Waals surface area (Å²) in [6.45, 7) is 3.02. The van der Waals surface area contributed by atoms with Crippen molar-refractivity contribution in [3.8, 4) is 0 Å². The second-order valence-corrected chi connectivity index (χ2v) is 3.71. The van der Waals surface area contributed by atoms with Crippen LogP contribution in [0.5, 0.6) is 0 Å². The molecule has 0 unspecified atom stereocenters. The second-order valence-electron chi connectivity index (χ2n) is 3.71. The third-order valence-corrected chi connectivity index (χ3v) is 2.53. The van der Waals surface area contributed by atoms with Gasteiger partial charge in [0.1, 0.15) is 5.82 Å². The van der Waals surface area contributed by atoms with Gasteiger partial charge in [-0.1, -0.05) is 24.3 Å². The molecule has 1 aromatic heterocycles. The molecule has 0 aliphatic heterocycles. The van der Waals surface area contributed by atoms with E-state index in [0.29, 0.717) is 0 Å². The Balaban J connectivity index is 1.87. The molecular weight excluding hydrogens is 198 g/mol. The van der Waals surface area contributed by atoms with Crippen LogP contribution in [0, 0.1) is 6.92 Å². The number of anilines is 1. The number of benzene rings is 1. The number of rotatable bonds is 4. The Morgan fingerprint density at radius 1 is 1.12 bits per heavy atom. The molecule has 1 aromatic carbocycles. The molecular formula is C13H15N3. The predicted molar refractivity (Wildman–Crippen MR) is 65.4 cm³/mol. The van der Waals surface area contributed by atoms with Gasteiger partial charge in [-0.3, -0.25) is 0 Å². The minimum atomic E-state index is 0.830. The topological polar surface area (TPSA) is 37.8 Å². The Kier molecular flexibility index (Phi) is 3.49. The van der Waals surface area contributed by atoms with Crippen molar-refractivity contribution in [3.05, 3.63) is 53.7 Å². The Hall–Kier alpha value is -1.90. The number of hydrogen-bond acceptors (Lipinski definition) is 3. The summed E-state index contributed by atoms with van der Waals surface area (Å²) in [5.74, 6) is 0.830. The zero-order valence-electron chi connectivity index (χ0n) is 9.35. The molecule has 0 fully saturated rings. The first-order valence-electron chi connectivity index (χ1n) is 5.42. The van der Waals surface area contributed by atoms with Gasteiger partial charge in [-0.15, -0.1) is 5.10 Å². The Morgan fingerprint density at radius 2 is 2.00 bits per heavy atom. The summed E-state index contributed by atoms with van der Waals surface area (Å²) in [6, 6.07) is 12.2. The number of hydrogen-bond donors (Lipinski definition) is 1. The van der Waals surface area contributed by atoms with Crippen LogP contribution in [0.3, 0.4) is 0 Å². The van der Waals surface area contributed by atoms with Crippen molar-refractivity contribution >= 4 is 5.82 Å². The van der Waals surface area contributed by atoms with Gasteiger partial charge in [-0.05, 0) is 36.6 Å². The maximum absolute atomic E-state index is 3.97. The molecule has 0 atom stereocenters. The Bertz CT molecular complexity index is 440. The molecule has 0 spiro atoms. The molecule has 16 heavy (non-hydrogen) atoms. The van der Waals surface area contributed by atoms with Gasteiger partial charge in [0.25, 0.3) is 0 Å². The quantitative estimate of drug-likeness (QED) is 0.847. The molecule has 0 radical (unpaired) electrons. The van der Waals surface area contributed by atoms with Crippen molar-refractivity contribution in [1.82, 2.24) is 10.2 Å². The van der Waals surface area contributed by atoms with Crippen LogP contribution in [0.4, 0.5) is 5.82 Å². The third-order valence-electron chi connectivity index (χ3n) is 2.53. The van der Waals surface area contributed by atoms with Gasteiger partial charge in [0.2, 0.25) is 0 Å². The van der Waals surface area contributed by atoms with Crippen molar-refractivity contribution in [1.29, 1.82) is 0 Å². The van der Waals surface area contributed by atoms with Gasteiger partial charge < -0.3 is 5.32 Å². The highest BCUT2D eigenvalue weighted by atomic mass is 15.2. The van der Waals surface area contributed by atoms with Crippen LogP contribution < -0.4 is 5.32 Å². The molecule has 1 N–H and O–H groups in total. The zero-order valence-corrected chi connectivity index (χ0v) is 9.35. The molecule has 0 bridgehead atoms. The lowest BCUT2D eigenvalue weighted by molar-refractivity contribution is 0.960. The highest BCUT2D eigenvalue weighted by molar-refractivity contribution is 5.32. The minimum absolute atomic E-state index is 0.830. The first kappa shape index (κ1) is 10.6. The first-order valence-corrected chi connectivity index (χ1v) is 5.42. The van der Waals surface area contributed by atoms with E-state index in [2.05, 4.69) is 46.7 Å². The number of aromatic nitrogens is 2. The lowest BCUT2D eigenvalue weighted by Gasteiger charge is -2.06. The maximum Gasteiger partial charge on any atom is 0.148 e. The summed E-state index contributed by atoms with van der Waals surface area (Å²) in [7, 11) is 0. The van der Waals surface area contributed by atoms with Crippen LogP contribution in [0.1, 0.15) is 11.1 Å². The minimum Gasteiger partial charge on any atom is -0.368 e. The molecule has 2 rings (SSSR count). The van der Waals surface area contributed by atoms with E-state index in [-0.39, 0.29) is 0 Å². The standard InChI is InChI=1S/C13H15N3/c1-11-5-2-3-6-12(11)8-10-14-13-7-4-9-15-16-13/h2-7,9H,8,10H2,1H3,(H,14,16). The van der Waals surface area contributed by atoms with Crippen molar-refractivity contribution in [3.63, 3.8) is 0 Å². The van der Waals surface area contributed by atoms with Crippen LogP contribution in [0.15, 0.2) is 42.6 Å². The highest BCUT2D eigenvalue weighted by Gasteiger charge is 1.97. The summed E-state index contributed by atoms with van der Waals surface area (Å²) in [5.41, 5.74) is 2.71. The zero-order chi connectivity index (χ0) is 11.2. The maximum atomic E-state index is 3.97. The van der Waals surface area contributed by atoms with Crippen LogP contribution in [0.25, 0.3) is 0 Å². The van der Waals surface area contributed by atoms with Crippen LogP contribution in [0.2, 0.25) is 0 Å². The van der Waals surface area contributed by atoms with Crippen molar-refractivity contribution in [2.24, 2.45) is 0 Å². The van der Waals surface area contributed by atoms with E-state index in [1.165, 1.54) is 11.1 Å². The van der Waals surface area contributed by atoms with Gasteiger partial charge in [0, 0.05) is 12.7 Å². The third kappa shape index (κ3) is 2.79. The fraction of sp³-hybridized carbons (Fsp3) is 0.231. The smallest absolute Gasteiger partial charge is 0.148 e. The molecule has 2 aromatic rings. The van der Waals surface area contributed by atoms with E-state index in [1.54, 1.807) is 6.20 Å². The van der Waals surface area contributed by atoms with E-state index in [1.807, 2.05) is 12.1 Å². The molecule has 1 heterocycles. The Labute approximate surface area is 95.5 Å². The van der Waals surface area contributed by atoms with Crippen LogP contribution in [-0.4, -0.2) is 16.7 Å². The summed E-state index contributed by atoms with van der Waals surface area (Å²) >= 11 is 0. The SMILES string of the molecule is Cc1ccccc1CCNc1cccnn1. The van der Waals surface area contributed by atoms with Crippen molar-refractivity contribution in [2.45, 2.75) is 13.3 Å². The summed E-state index contributed by atoms with van der Waals surface area (Å²) in [5, 5.41) is 11.0. The first-order chi connectivity index (χ1) is 7.86. The molecule has 3 nitrogen and oxygen atoms in total. The van der Waals surface area contributed by atoms with Crippen molar-refractivity contribution in [2.75, 3.05) is 11.9 Å². The monoisotopic (exact) mass is 213 g/mol. The molecule has 0 aliphatic rings. The fourth-order valence-electron chi connectivity index (χ4n) is 1.61. The second kappa shape index (κ2) is 5.26. The van der Waals surface area contributed by atoms with E-state index in [9.17, 15) is 0 Å². The molecule has 0 amide bonds. The predicted octanol–water partition coefficient (Wildman–Crippen LogP) is 2.44. The van der Waals surface area contributed by atoms with E-state index < -0.39 is 0 Å². The lowest BCUT2D eigenvalue weighted by Crippen LogP contribution is -2.07. The summed E-state index contributed by atoms with van der Waals surface area (Å²) in [4.78, 5) is 0. The average Bonchev–Trinajstić information content (AvgIpc) is 2.33. The average molecular weight is 213 g/mol. The van der Waals surface area contributed by atoms with Crippen LogP contribution in [-0.2, 0) is 6.42 Å². The lowest BCUT2D eigenvalue weighted by atomic mass is 10.1. The number of nitrogens with one attached hydrogen (secondary N) is 1.